The molecule has 0 aromatic carbocycles. The Labute approximate surface area is 94.5 Å². The second-order valence-corrected chi connectivity index (χ2v) is 6.30. The zero-order valence-corrected chi connectivity index (χ0v) is 10.2. The van der Waals surface area contributed by atoms with Crippen LogP contribution in [-0.4, -0.2) is 6.54 Å². The van der Waals surface area contributed by atoms with Crippen molar-refractivity contribution in [3.8, 4) is 0 Å². The van der Waals surface area contributed by atoms with Crippen LogP contribution in [0.5, 0.6) is 0 Å². The van der Waals surface area contributed by atoms with Crippen LogP contribution in [0.15, 0.2) is 12.1 Å². The summed E-state index contributed by atoms with van der Waals surface area (Å²) in [4.78, 5) is 1.33. The summed E-state index contributed by atoms with van der Waals surface area (Å²) in [7, 11) is 0. The van der Waals surface area contributed by atoms with Gasteiger partial charge < -0.3 is 5.32 Å². The van der Waals surface area contributed by atoms with E-state index in [4.69, 9.17) is 11.6 Å². The molecule has 1 unspecified atom stereocenters. The highest BCUT2D eigenvalue weighted by molar-refractivity contribution is 7.16. The van der Waals surface area contributed by atoms with Crippen LogP contribution < -0.4 is 5.32 Å². The average Bonchev–Trinajstić information content (AvgIpc) is 2.71. The fraction of sp³-hybridized carbons (Fsp3) is 0.636. The molecular weight excluding hydrogens is 214 g/mol. The van der Waals surface area contributed by atoms with Crippen LogP contribution in [0.2, 0.25) is 4.34 Å². The monoisotopic (exact) mass is 229 g/mol. The fourth-order valence-electron chi connectivity index (χ4n) is 1.45. The quantitative estimate of drug-likeness (QED) is 0.827. The molecule has 1 saturated carbocycles. The molecule has 1 aromatic heterocycles. The summed E-state index contributed by atoms with van der Waals surface area (Å²) < 4.78 is 0.881. The Kier molecular flexibility index (Phi) is 2.87. The third kappa shape index (κ3) is 2.50. The van der Waals surface area contributed by atoms with Crippen molar-refractivity contribution >= 4 is 22.9 Å². The van der Waals surface area contributed by atoms with Crippen LogP contribution in [0, 0.1) is 5.41 Å². The Balaban J connectivity index is 1.86. The predicted molar refractivity (Wildman–Crippen MR) is 63.1 cm³/mol. The molecule has 1 aliphatic carbocycles. The number of nitrogens with one attached hydrogen (secondary N) is 1. The van der Waals surface area contributed by atoms with Crippen LogP contribution in [0.3, 0.4) is 0 Å². The summed E-state index contributed by atoms with van der Waals surface area (Å²) in [6, 6.07) is 4.52. The molecule has 2 rings (SSSR count). The van der Waals surface area contributed by atoms with Gasteiger partial charge in [0.2, 0.25) is 0 Å². The lowest BCUT2D eigenvalue weighted by Crippen LogP contribution is -2.24. The van der Waals surface area contributed by atoms with Crippen LogP contribution in [-0.2, 0) is 0 Å². The molecule has 3 heteroatoms. The first-order chi connectivity index (χ1) is 6.59. The van der Waals surface area contributed by atoms with Crippen LogP contribution in [0.4, 0.5) is 0 Å². The van der Waals surface area contributed by atoms with Gasteiger partial charge in [0.15, 0.2) is 0 Å². The Morgan fingerprint density at radius 3 is 2.79 bits per heavy atom. The normalized spacial score (nSPS) is 20.8. The second-order valence-electron chi connectivity index (χ2n) is 4.56. The van der Waals surface area contributed by atoms with Gasteiger partial charge in [0, 0.05) is 17.5 Å². The summed E-state index contributed by atoms with van der Waals surface area (Å²) in [6.45, 7) is 5.67. The minimum atomic E-state index is 0.435. The van der Waals surface area contributed by atoms with Crippen molar-refractivity contribution in [2.24, 2.45) is 5.41 Å². The van der Waals surface area contributed by atoms with E-state index in [1.54, 1.807) is 11.3 Å². The van der Waals surface area contributed by atoms with Crippen molar-refractivity contribution in [3.63, 3.8) is 0 Å². The molecule has 0 bridgehead atoms. The van der Waals surface area contributed by atoms with E-state index in [9.17, 15) is 0 Å². The fourth-order valence-corrected chi connectivity index (χ4v) is 2.54. The molecule has 1 aromatic rings. The van der Waals surface area contributed by atoms with E-state index >= 15 is 0 Å². The third-order valence-electron chi connectivity index (χ3n) is 2.96. The lowest BCUT2D eigenvalue weighted by atomic mass is 10.1. The van der Waals surface area contributed by atoms with Gasteiger partial charge in [-0.25, -0.2) is 0 Å². The lowest BCUT2D eigenvalue weighted by molar-refractivity contribution is 0.460. The standard InChI is InChI=1S/C11H16ClNS/c1-8(9-3-4-10(12)14-9)13-7-11(2)5-6-11/h3-4,8,13H,5-7H2,1-2H3. The van der Waals surface area contributed by atoms with Crippen molar-refractivity contribution in [3.05, 3.63) is 21.3 Å². The number of hydrogen-bond acceptors (Lipinski definition) is 2. The first kappa shape index (κ1) is 10.5. The number of hydrogen-bond donors (Lipinski definition) is 1. The summed E-state index contributed by atoms with van der Waals surface area (Å²) >= 11 is 7.57. The highest BCUT2D eigenvalue weighted by Gasteiger charge is 2.36. The van der Waals surface area contributed by atoms with Gasteiger partial charge >= 0.3 is 0 Å². The Morgan fingerprint density at radius 2 is 2.29 bits per heavy atom. The highest BCUT2D eigenvalue weighted by Crippen LogP contribution is 2.44. The molecule has 14 heavy (non-hydrogen) atoms. The van der Waals surface area contributed by atoms with E-state index in [0.29, 0.717) is 11.5 Å². The van der Waals surface area contributed by atoms with E-state index in [-0.39, 0.29) is 0 Å². The van der Waals surface area contributed by atoms with Crippen LogP contribution >= 0.6 is 22.9 Å². The van der Waals surface area contributed by atoms with Gasteiger partial charge in [0.1, 0.15) is 0 Å². The maximum Gasteiger partial charge on any atom is 0.0931 e. The van der Waals surface area contributed by atoms with Gasteiger partial charge in [-0.15, -0.1) is 11.3 Å². The first-order valence-electron chi connectivity index (χ1n) is 5.08. The molecule has 1 fully saturated rings. The molecule has 1 N–H and O–H groups in total. The average molecular weight is 230 g/mol. The van der Waals surface area contributed by atoms with Gasteiger partial charge in [-0.1, -0.05) is 18.5 Å². The summed E-state index contributed by atoms with van der Waals surface area (Å²) in [6.07, 6.45) is 2.75. The van der Waals surface area contributed by atoms with Crippen molar-refractivity contribution in [2.45, 2.75) is 32.7 Å². The highest BCUT2D eigenvalue weighted by atomic mass is 35.5. The van der Waals surface area contributed by atoms with Crippen molar-refractivity contribution in [1.82, 2.24) is 5.32 Å². The molecule has 0 spiro atoms. The van der Waals surface area contributed by atoms with Crippen molar-refractivity contribution < 1.29 is 0 Å². The summed E-state index contributed by atoms with van der Waals surface area (Å²) in [5.74, 6) is 0. The van der Waals surface area contributed by atoms with Crippen molar-refractivity contribution in [2.75, 3.05) is 6.54 Å². The van der Waals surface area contributed by atoms with Gasteiger partial charge in [-0.3, -0.25) is 0 Å². The third-order valence-corrected chi connectivity index (χ3v) is 4.37. The molecule has 78 valence electrons. The SMILES string of the molecule is CC(NCC1(C)CC1)c1ccc(Cl)s1. The van der Waals surface area contributed by atoms with Crippen LogP contribution in [0.25, 0.3) is 0 Å². The van der Waals surface area contributed by atoms with E-state index in [2.05, 4.69) is 25.2 Å². The van der Waals surface area contributed by atoms with Crippen molar-refractivity contribution in [1.29, 1.82) is 0 Å². The molecule has 1 atom stereocenters. The van der Waals surface area contributed by atoms with Crippen LogP contribution in [0.1, 0.15) is 37.6 Å². The maximum absolute atomic E-state index is 5.90. The van der Waals surface area contributed by atoms with Gasteiger partial charge in [0.05, 0.1) is 4.34 Å². The van der Waals surface area contributed by atoms with E-state index in [0.717, 1.165) is 10.9 Å². The van der Waals surface area contributed by atoms with E-state index in [1.807, 2.05) is 6.07 Å². The van der Waals surface area contributed by atoms with Gasteiger partial charge in [-0.05, 0) is 37.3 Å². The smallest absolute Gasteiger partial charge is 0.0931 e. The predicted octanol–water partition coefficient (Wildman–Crippen LogP) is 3.85. The summed E-state index contributed by atoms with van der Waals surface area (Å²) in [5, 5.41) is 3.57. The van der Waals surface area contributed by atoms with Gasteiger partial charge in [0.25, 0.3) is 0 Å². The topological polar surface area (TPSA) is 12.0 Å². The summed E-state index contributed by atoms with van der Waals surface area (Å²) in [5.41, 5.74) is 0.579. The molecule has 1 aliphatic rings. The number of rotatable bonds is 4. The molecule has 0 radical (unpaired) electrons. The first-order valence-corrected chi connectivity index (χ1v) is 6.27. The Hall–Kier alpha value is -0.0500. The molecule has 0 aliphatic heterocycles. The molecule has 0 amide bonds. The Bertz CT molecular complexity index is 317. The molecule has 0 saturated heterocycles. The minimum absolute atomic E-state index is 0.435. The minimum Gasteiger partial charge on any atom is -0.309 e. The molecular formula is C11H16ClNS. The number of thiophene rings is 1. The molecule has 1 nitrogen and oxygen atoms in total. The zero-order chi connectivity index (χ0) is 10.2. The molecule has 1 heterocycles. The van der Waals surface area contributed by atoms with E-state index in [1.165, 1.54) is 17.7 Å². The lowest BCUT2D eigenvalue weighted by Gasteiger charge is -2.15. The largest absolute Gasteiger partial charge is 0.309 e. The second kappa shape index (κ2) is 3.84. The maximum atomic E-state index is 5.90. The number of halogens is 1. The zero-order valence-electron chi connectivity index (χ0n) is 8.64. The van der Waals surface area contributed by atoms with E-state index < -0.39 is 0 Å². The Morgan fingerprint density at radius 1 is 1.57 bits per heavy atom. The van der Waals surface area contributed by atoms with Gasteiger partial charge in [-0.2, -0.15) is 0 Å².